The number of benzene rings is 1. The molecule has 1 aliphatic heterocycles. The van der Waals surface area contributed by atoms with E-state index in [0.29, 0.717) is 31.5 Å². The van der Waals surface area contributed by atoms with Crippen LogP contribution in [-0.4, -0.2) is 43.2 Å². The van der Waals surface area contributed by atoms with Crippen LogP contribution in [0.25, 0.3) is 0 Å². The summed E-state index contributed by atoms with van der Waals surface area (Å²) in [5, 5.41) is 0. The van der Waals surface area contributed by atoms with Crippen LogP contribution in [0.1, 0.15) is 19.8 Å². The van der Waals surface area contributed by atoms with Gasteiger partial charge in [0.15, 0.2) is 0 Å². The Morgan fingerprint density at radius 3 is 2.70 bits per heavy atom. The predicted octanol–water partition coefficient (Wildman–Crippen LogP) is 1.41. The first kappa shape index (κ1) is 14.8. The third-order valence-electron chi connectivity index (χ3n) is 3.47. The van der Waals surface area contributed by atoms with E-state index in [9.17, 15) is 4.79 Å². The fourth-order valence-corrected chi connectivity index (χ4v) is 2.47. The number of hydrogen-bond acceptors (Lipinski definition) is 5. The molecular weight excluding hydrogens is 256 g/mol. The zero-order valence-corrected chi connectivity index (χ0v) is 11.9. The lowest BCUT2D eigenvalue weighted by atomic mass is 10.2. The number of carbonyl (C=O) groups is 1. The smallest absolute Gasteiger partial charge is 0.325 e. The van der Waals surface area contributed by atoms with Crippen LogP contribution < -0.4 is 15.2 Å². The van der Waals surface area contributed by atoms with E-state index in [2.05, 4.69) is 4.90 Å². The summed E-state index contributed by atoms with van der Waals surface area (Å²) in [4.78, 5) is 14.0. The van der Waals surface area contributed by atoms with Crippen LogP contribution in [-0.2, 0) is 4.79 Å². The molecule has 5 heteroatoms. The normalized spacial score (nSPS) is 19.0. The quantitative estimate of drug-likeness (QED) is 0.629. The van der Waals surface area contributed by atoms with E-state index in [1.165, 1.54) is 0 Å². The van der Waals surface area contributed by atoms with Crippen molar-refractivity contribution < 1.29 is 14.3 Å². The second-order valence-corrected chi connectivity index (χ2v) is 4.88. The maximum absolute atomic E-state index is 11.9. The van der Waals surface area contributed by atoms with Crippen molar-refractivity contribution in [3.8, 4) is 11.5 Å². The van der Waals surface area contributed by atoms with Gasteiger partial charge in [0.05, 0.1) is 13.2 Å². The minimum absolute atomic E-state index is 0.241. The molecule has 0 spiro atoms. The fourth-order valence-electron chi connectivity index (χ4n) is 2.47. The van der Waals surface area contributed by atoms with Crippen molar-refractivity contribution in [2.75, 3.05) is 26.2 Å². The molecule has 0 aliphatic carbocycles. The van der Waals surface area contributed by atoms with Crippen molar-refractivity contribution in [2.45, 2.75) is 25.8 Å². The molecule has 1 aliphatic rings. The van der Waals surface area contributed by atoms with E-state index in [1.807, 2.05) is 6.92 Å². The van der Waals surface area contributed by atoms with Gasteiger partial charge in [0.25, 0.3) is 0 Å². The molecule has 1 aromatic rings. The molecule has 5 nitrogen and oxygen atoms in total. The van der Waals surface area contributed by atoms with E-state index >= 15 is 0 Å². The Bertz CT molecular complexity index is 433. The Kier molecular flexibility index (Phi) is 5.38. The molecule has 2 N–H and O–H groups in total. The maximum atomic E-state index is 11.9. The van der Waals surface area contributed by atoms with Crippen molar-refractivity contribution in [3.63, 3.8) is 0 Å². The van der Waals surface area contributed by atoms with Gasteiger partial charge in [-0.25, -0.2) is 0 Å². The molecule has 1 heterocycles. The Morgan fingerprint density at radius 2 is 2.05 bits per heavy atom. The summed E-state index contributed by atoms with van der Waals surface area (Å²) < 4.78 is 10.7. The number of ether oxygens (including phenoxy) is 2. The first-order valence-corrected chi connectivity index (χ1v) is 7.10. The van der Waals surface area contributed by atoms with E-state index in [0.717, 1.165) is 25.1 Å². The summed E-state index contributed by atoms with van der Waals surface area (Å²) in [6.07, 6.45) is 2.16. The third-order valence-corrected chi connectivity index (χ3v) is 3.47. The van der Waals surface area contributed by atoms with E-state index in [1.54, 1.807) is 24.3 Å². The van der Waals surface area contributed by atoms with Gasteiger partial charge in [-0.2, -0.15) is 0 Å². The summed E-state index contributed by atoms with van der Waals surface area (Å²) in [5.74, 6) is 1.08. The Balaban J connectivity index is 1.84. The van der Waals surface area contributed by atoms with Gasteiger partial charge in [-0.15, -0.1) is 0 Å². The van der Waals surface area contributed by atoms with Crippen LogP contribution in [0.3, 0.4) is 0 Å². The Hall–Kier alpha value is -1.59. The molecule has 1 atom stereocenters. The number of nitrogens with zero attached hydrogens (tertiary/aromatic N) is 1. The van der Waals surface area contributed by atoms with Gasteiger partial charge < -0.3 is 15.2 Å². The lowest BCUT2D eigenvalue weighted by molar-refractivity contribution is -0.135. The average Bonchev–Trinajstić information content (AvgIpc) is 2.88. The zero-order chi connectivity index (χ0) is 14.4. The zero-order valence-electron chi connectivity index (χ0n) is 11.9. The van der Waals surface area contributed by atoms with Gasteiger partial charge >= 0.3 is 5.97 Å². The van der Waals surface area contributed by atoms with Crippen LogP contribution in [0.2, 0.25) is 0 Å². The molecule has 0 amide bonds. The van der Waals surface area contributed by atoms with Gasteiger partial charge in [-0.3, -0.25) is 9.69 Å². The predicted molar refractivity (Wildman–Crippen MR) is 76.9 cm³/mol. The summed E-state index contributed by atoms with van der Waals surface area (Å²) in [6, 6.07) is 7.39. The summed E-state index contributed by atoms with van der Waals surface area (Å²) in [7, 11) is 0. The molecule has 0 saturated carbocycles. The number of nitrogens with two attached hydrogens (primary N) is 1. The van der Waals surface area contributed by atoms with E-state index in [4.69, 9.17) is 15.2 Å². The van der Waals surface area contributed by atoms with Crippen LogP contribution in [0.5, 0.6) is 11.5 Å². The third kappa shape index (κ3) is 3.95. The topological polar surface area (TPSA) is 64.8 Å². The molecule has 0 bridgehead atoms. The molecule has 0 radical (unpaired) electrons. The molecular formula is C15H22N2O3. The molecule has 20 heavy (non-hydrogen) atoms. The molecule has 2 rings (SSSR count). The molecule has 1 aromatic carbocycles. The van der Waals surface area contributed by atoms with Crippen molar-refractivity contribution in [3.05, 3.63) is 24.3 Å². The highest BCUT2D eigenvalue weighted by Crippen LogP contribution is 2.19. The Morgan fingerprint density at radius 1 is 1.35 bits per heavy atom. The fraction of sp³-hybridized carbons (Fsp3) is 0.533. The van der Waals surface area contributed by atoms with Crippen LogP contribution >= 0.6 is 0 Å². The first-order chi connectivity index (χ1) is 9.72. The largest absolute Gasteiger partial charge is 0.494 e. The minimum Gasteiger partial charge on any atom is -0.494 e. The minimum atomic E-state index is -0.241. The maximum Gasteiger partial charge on any atom is 0.325 e. The number of carbonyl (C=O) groups excluding carboxylic acids is 1. The van der Waals surface area contributed by atoms with Crippen LogP contribution in [0.4, 0.5) is 0 Å². The summed E-state index contributed by atoms with van der Waals surface area (Å²) in [5.41, 5.74) is 5.69. The standard InChI is InChI=1S/C15H22N2O3/c1-2-19-13-5-7-14(8-6-13)20-15(18)11-17-9-3-4-12(17)10-16/h5-8,12H,2-4,9-11,16H2,1H3. The van der Waals surface area contributed by atoms with Gasteiger partial charge in [0.1, 0.15) is 11.5 Å². The SMILES string of the molecule is CCOc1ccc(OC(=O)CN2CCCC2CN)cc1. The van der Waals surface area contributed by atoms with Crippen molar-refractivity contribution in [2.24, 2.45) is 5.73 Å². The van der Waals surface area contributed by atoms with Gasteiger partial charge in [-0.1, -0.05) is 0 Å². The monoisotopic (exact) mass is 278 g/mol. The molecule has 1 unspecified atom stereocenters. The lowest BCUT2D eigenvalue weighted by Crippen LogP contribution is -2.40. The van der Waals surface area contributed by atoms with E-state index < -0.39 is 0 Å². The Labute approximate surface area is 119 Å². The van der Waals surface area contributed by atoms with Gasteiger partial charge in [0.2, 0.25) is 0 Å². The van der Waals surface area contributed by atoms with E-state index in [-0.39, 0.29) is 5.97 Å². The van der Waals surface area contributed by atoms with Crippen molar-refractivity contribution >= 4 is 5.97 Å². The molecule has 1 fully saturated rings. The number of rotatable bonds is 6. The van der Waals surface area contributed by atoms with Crippen molar-refractivity contribution in [1.29, 1.82) is 0 Å². The van der Waals surface area contributed by atoms with Gasteiger partial charge in [-0.05, 0) is 50.6 Å². The number of likely N-dealkylation sites (tertiary alicyclic amines) is 1. The van der Waals surface area contributed by atoms with Crippen LogP contribution in [0, 0.1) is 0 Å². The second-order valence-electron chi connectivity index (χ2n) is 4.88. The number of esters is 1. The average molecular weight is 278 g/mol. The number of hydrogen-bond donors (Lipinski definition) is 1. The van der Waals surface area contributed by atoms with Crippen molar-refractivity contribution in [1.82, 2.24) is 4.90 Å². The highest BCUT2D eigenvalue weighted by atomic mass is 16.5. The first-order valence-electron chi connectivity index (χ1n) is 7.10. The highest BCUT2D eigenvalue weighted by molar-refractivity contribution is 5.74. The molecule has 1 saturated heterocycles. The molecule has 0 aromatic heterocycles. The lowest BCUT2D eigenvalue weighted by Gasteiger charge is -2.21. The van der Waals surface area contributed by atoms with Gasteiger partial charge in [0, 0.05) is 12.6 Å². The molecule has 110 valence electrons. The summed E-state index contributed by atoms with van der Waals surface area (Å²) >= 11 is 0. The summed E-state index contributed by atoms with van der Waals surface area (Å²) in [6.45, 7) is 4.36. The second kappa shape index (κ2) is 7.26. The highest BCUT2D eigenvalue weighted by Gasteiger charge is 2.25. The van der Waals surface area contributed by atoms with Crippen LogP contribution in [0.15, 0.2) is 24.3 Å².